The number of halogens is 1. The van der Waals surface area contributed by atoms with Crippen LogP contribution in [0.1, 0.15) is 23.2 Å². The lowest BCUT2D eigenvalue weighted by Crippen LogP contribution is -2.35. The number of nitrogens with one attached hydrogen (secondary N) is 2. The Hall–Kier alpha value is -2.47. The normalized spacial score (nSPS) is 13.6. The predicted molar refractivity (Wildman–Crippen MR) is 98.0 cm³/mol. The Kier molecular flexibility index (Phi) is 5.05. The van der Waals surface area contributed by atoms with Crippen molar-refractivity contribution < 1.29 is 9.18 Å². The van der Waals surface area contributed by atoms with Gasteiger partial charge < -0.3 is 10.2 Å². The second-order valence-corrected chi connectivity index (χ2v) is 6.01. The van der Waals surface area contributed by atoms with E-state index in [1.165, 1.54) is 31.0 Å². The van der Waals surface area contributed by atoms with Crippen molar-refractivity contribution in [3.8, 4) is 0 Å². The molecule has 0 spiro atoms. The number of thiocarbonyl (C=S) groups is 1. The molecule has 2 aromatic carbocycles. The fraction of sp³-hybridized carbons (Fsp3) is 0.222. The number of carbonyl (C=O) groups excluding carboxylic acids is 1. The lowest BCUT2D eigenvalue weighted by Gasteiger charge is -2.22. The van der Waals surface area contributed by atoms with E-state index >= 15 is 0 Å². The first-order chi connectivity index (χ1) is 11.6. The molecule has 6 heteroatoms. The smallest absolute Gasteiger partial charge is 0.260 e. The van der Waals surface area contributed by atoms with Crippen LogP contribution in [0, 0.1) is 5.82 Å². The number of hydrogen-bond acceptors (Lipinski definition) is 3. The summed E-state index contributed by atoms with van der Waals surface area (Å²) in [6.07, 6.45) is 2.34. The third kappa shape index (κ3) is 3.71. The van der Waals surface area contributed by atoms with Crippen LogP contribution in [-0.2, 0) is 0 Å². The van der Waals surface area contributed by atoms with Gasteiger partial charge in [0.25, 0.3) is 5.91 Å². The number of nitrogens with zero attached hydrogens (tertiary/aromatic N) is 1. The molecule has 1 fully saturated rings. The highest BCUT2D eigenvalue weighted by Gasteiger charge is 2.17. The van der Waals surface area contributed by atoms with Gasteiger partial charge in [-0.25, -0.2) is 4.39 Å². The maximum Gasteiger partial charge on any atom is 0.260 e. The number of benzene rings is 2. The summed E-state index contributed by atoms with van der Waals surface area (Å²) in [6, 6.07) is 13.6. The first kappa shape index (κ1) is 16.4. The molecular formula is C18H18FN3OS. The van der Waals surface area contributed by atoms with Crippen molar-refractivity contribution in [1.29, 1.82) is 0 Å². The van der Waals surface area contributed by atoms with E-state index in [0.29, 0.717) is 0 Å². The average Bonchev–Trinajstić information content (AvgIpc) is 3.10. The maximum atomic E-state index is 13.7. The van der Waals surface area contributed by atoms with Crippen LogP contribution in [0.25, 0.3) is 0 Å². The van der Waals surface area contributed by atoms with Gasteiger partial charge in [0, 0.05) is 13.1 Å². The van der Waals surface area contributed by atoms with Crippen molar-refractivity contribution in [2.45, 2.75) is 12.8 Å². The number of carbonyl (C=O) groups is 1. The first-order valence-electron chi connectivity index (χ1n) is 7.86. The number of rotatable bonds is 3. The standard InChI is InChI=1S/C18H18FN3OS/c19-14-8-2-1-7-13(14)17(23)21-18(24)20-15-9-3-4-10-16(15)22-11-5-6-12-22/h1-4,7-10H,5-6,11-12H2,(H2,20,21,23,24). The second kappa shape index (κ2) is 7.40. The molecule has 1 heterocycles. The fourth-order valence-corrected chi connectivity index (χ4v) is 2.99. The summed E-state index contributed by atoms with van der Waals surface area (Å²) in [5.74, 6) is -1.14. The molecule has 2 aromatic rings. The fourth-order valence-electron chi connectivity index (χ4n) is 2.78. The molecule has 0 aliphatic carbocycles. The summed E-state index contributed by atoms with van der Waals surface area (Å²) in [7, 11) is 0. The van der Waals surface area contributed by atoms with E-state index < -0.39 is 11.7 Å². The van der Waals surface area contributed by atoms with Gasteiger partial charge in [-0.3, -0.25) is 10.1 Å². The monoisotopic (exact) mass is 343 g/mol. The number of anilines is 2. The van der Waals surface area contributed by atoms with Crippen LogP contribution in [0.4, 0.5) is 15.8 Å². The van der Waals surface area contributed by atoms with Crippen molar-refractivity contribution in [1.82, 2.24) is 5.32 Å². The van der Waals surface area contributed by atoms with Gasteiger partial charge in [-0.05, 0) is 49.3 Å². The van der Waals surface area contributed by atoms with Gasteiger partial charge >= 0.3 is 0 Å². The summed E-state index contributed by atoms with van der Waals surface area (Å²) in [5.41, 5.74) is 1.85. The van der Waals surface area contributed by atoms with E-state index in [-0.39, 0.29) is 10.7 Å². The molecule has 0 saturated carbocycles. The SMILES string of the molecule is O=C(NC(=S)Nc1ccccc1N1CCCC1)c1ccccc1F. The molecular weight excluding hydrogens is 325 g/mol. The first-order valence-corrected chi connectivity index (χ1v) is 8.27. The Morgan fingerprint density at radius 2 is 1.71 bits per heavy atom. The highest BCUT2D eigenvalue weighted by atomic mass is 32.1. The van der Waals surface area contributed by atoms with Gasteiger partial charge in [0.2, 0.25) is 0 Å². The van der Waals surface area contributed by atoms with Gasteiger partial charge in [-0.1, -0.05) is 24.3 Å². The summed E-state index contributed by atoms with van der Waals surface area (Å²) >= 11 is 5.21. The van der Waals surface area contributed by atoms with Crippen molar-refractivity contribution in [3.63, 3.8) is 0 Å². The molecule has 3 rings (SSSR count). The van der Waals surface area contributed by atoms with Gasteiger partial charge in [0.05, 0.1) is 16.9 Å². The molecule has 1 amide bonds. The lowest BCUT2D eigenvalue weighted by molar-refractivity contribution is 0.0974. The van der Waals surface area contributed by atoms with Crippen LogP contribution in [0.3, 0.4) is 0 Å². The summed E-state index contributed by atoms with van der Waals surface area (Å²) in [6.45, 7) is 2.01. The van der Waals surface area contributed by atoms with Crippen molar-refractivity contribution in [2.24, 2.45) is 0 Å². The van der Waals surface area contributed by atoms with Crippen molar-refractivity contribution >= 4 is 34.6 Å². The Bertz CT molecular complexity index is 759. The van der Waals surface area contributed by atoms with Gasteiger partial charge in [-0.2, -0.15) is 0 Å². The molecule has 4 nitrogen and oxygen atoms in total. The van der Waals surface area contributed by atoms with E-state index in [4.69, 9.17) is 12.2 Å². The van der Waals surface area contributed by atoms with Crippen LogP contribution in [0.2, 0.25) is 0 Å². The zero-order valence-corrected chi connectivity index (χ0v) is 13.9. The highest BCUT2D eigenvalue weighted by Crippen LogP contribution is 2.28. The maximum absolute atomic E-state index is 13.7. The van der Waals surface area contributed by atoms with Crippen molar-refractivity contribution in [2.75, 3.05) is 23.3 Å². The highest BCUT2D eigenvalue weighted by molar-refractivity contribution is 7.80. The minimum Gasteiger partial charge on any atom is -0.370 e. The van der Waals surface area contributed by atoms with Crippen molar-refractivity contribution in [3.05, 3.63) is 59.9 Å². The van der Waals surface area contributed by atoms with Gasteiger partial charge in [0.1, 0.15) is 5.82 Å². The molecule has 0 radical (unpaired) electrons. The van der Waals surface area contributed by atoms with Crippen LogP contribution < -0.4 is 15.5 Å². The summed E-state index contributed by atoms with van der Waals surface area (Å²) in [4.78, 5) is 14.4. The van der Waals surface area contributed by atoms with Crippen LogP contribution >= 0.6 is 12.2 Å². The number of hydrogen-bond donors (Lipinski definition) is 2. The zero-order valence-electron chi connectivity index (χ0n) is 13.1. The van der Waals surface area contributed by atoms with Crippen LogP contribution in [-0.4, -0.2) is 24.1 Å². The summed E-state index contributed by atoms with van der Waals surface area (Å²) < 4.78 is 13.7. The van der Waals surface area contributed by atoms with Gasteiger partial charge in [0.15, 0.2) is 5.11 Å². The molecule has 0 bridgehead atoms. The minimum absolute atomic E-state index is 0.0329. The van der Waals surface area contributed by atoms with E-state index in [1.54, 1.807) is 6.07 Å². The van der Waals surface area contributed by atoms with E-state index in [9.17, 15) is 9.18 Å². The van der Waals surface area contributed by atoms with Crippen LogP contribution in [0.15, 0.2) is 48.5 Å². The molecule has 0 aromatic heterocycles. The molecule has 2 N–H and O–H groups in total. The molecule has 0 unspecified atom stereocenters. The molecule has 1 aliphatic heterocycles. The number of amides is 1. The molecule has 0 atom stereocenters. The quantitative estimate of drug-likeness (QED) is 0.837. The molecule has 124 valence electrons. The van der Waals surface area contributed by atoms with E-state index in [2.05, 4.69) is 15.5 Å². The van der Waals surface area contributed by atoms with E-state index in [1.807, 2.05) is 24.3 Å². The Morgan fingerprint density at radius 1 is 1.04 bits per heavy atom. The lowest BCUT2D eigenvalue weighted by atomic mass is 10.2. The van der Waals surface area contributed by atoms with E-state index in [0.717, 1.165) is 24.5 Å². The topological polar surface area (TPSA) is 44.4 Å². The van der Waals surface area contributed by atoms with Crippen LogP contribution in [0.5, 0.6) is 0 Å². The molecule has 1 aliphatic rings. The third-order valence-corrected chi connectivity index (χ3v) is 4.15. The van der Waals surface area contributed by atoms with Gasteiger partial charge in [-0.15, -0.1) is 0 Å². The summed E-state index contributed by atoms with van der Waals surface area (Å²) in [5, 5.41) is 5.72. The second-order valence-electron chi connectivity index (χ2n) is 5.60. The molecule has 1 saturated heterocycles. The number of para-hydroxylation sites is 2. The Balaban J connectivity index is 1.69. The predicted octanol–water partition coefficient (Wildman–Crippen LogP) is 3.55. The average molecular weight is 343 g/mol. The largest absolute Gasteiger partial charge is 0.370 e. The molecule has 24 heavy (non-hydrogen) atoms. The third-order valence-electron chi connectivity index (χ3n) is 3.94. The Labute approximate surface area is 145 Å². The Morgan fingerprint density at radius 3 is 2.46 bits per heavy atom. The zero-order chi connectivity index (χ0) is 16.9. The minimum atomic E-state index is -0.574.